The van der Waals surface area contributed by atoms with Crippen LogP contribution in [-0.2, 0) is 38.4 Å². The SMILES string of the molecule is C[N+](C)(C)C.O=C([CH-]C(=O)C(F)(F)F)C(F)(F)F.O=C([CH-]C(=O)C(F)(F)F)C(F)(F)F.O=C([CH-]C(=O)C(F)(F)F)C(F)(F)F.O=C([CH-]C(=O)C(F)(F)F)C(F)(F)F.[Eu+3]. The molecule has 0 saturated carbocycles. The van der Waals surface area contributed by atoms with E-state index in [9.17, 15) is 144 Å². The van der Waals surface area contributed by atoms with Gasteiger partial charge in [-0.05, 0) is 0 Å². The van der Waals surface area contributed by atoms with E-state index in [1.807, 2.05) is 0 Å². The van der Waals surface area contributed by atoms with Gasteiger partial charge in [-0.3, -0.25) is 0 Å². The Morgan fingerprint density at radius 2 is 0.310 bits per heavy atom. The van der Waals surface area contributed by atoms with Crippen molar-refractivity contribution >= 4 is 46.3 Å². The first-order valence-electron chi connectivity index (χ1n) is 12.3. The number of carbonyl (C=O) groups is 8. The summed E-state index contributed by atoms with van der Waals surface area (Å²) in [5.41, 5.74) is 0. The second kappa shape index (κ2) is 24.1. The van der Waals surface area contributed by atoms with Crippen LogP contribution < -0.4 is 0 Å². The summed E-state index contributed by atoms with van der Waals surface area (Å²) >= 11 is 0. The molecule has 0 fully saturated rings. The summed E-state index contributed by atoms with van der Waals surface area (Å²) < 4.78 is 272. The molecule has 0 heterocycles. The van der Waals surface area contributed by atoms with E-state index in [1.165, 1.54) is 0 Å². The molecule has 0 aliphatic carbocycles. The van der Waals surface area contributed by atoms with Crippen molar-refractivity contribution in [1.29, 1.82) is 0 Å². The predicted molar refractivity (Wildman–Crippen MR) is 130 cm³/mol. The van der Waals surface area contributed by atoms with Crippen LogP contribution in [0.1, 0.15) is 0 Å². The molecule has 0 aliphatic rings. The molecule has 0 aliphatic heterocycles. The summed E-state index contributed by atoms with van der Waals surface area (Å²) in [7, 11) is 8.50. The minimum absolute atomic E-state index is 0. The average molecular weight is 1050 g/mol. The second-order valence-electron chi connectivity index (χ2n) is 10.2. The number of quaternary nitrogens is 1. The smallest absolute Gasteiger partial charge is 0.333 e. The third kappa shape index (κ3) is 38.2. The number of nitrogens with zero attached hydrogens (tertiary/aromatic N) is 1. The number of halogens is 24. The van der Waals surface area contributed by atoms with Gasteiger partial charge in [0.15, 0.2) is 0 Å². The molecule has 0 N–H and O–H groups in total. The summed E-state index contributed by atoms with van der Waals surface area (Å²) in [6, 6.07) is 0. The van der Waals surface area contributed by atoms with E-state index in [0.717, 1.165) is 4.48 Å². The van der Waals surface area contributed by atoms with Crippen LogP contribution in [0.3, 0.4) is 0 Å². The largest absolute Gasteiger partial charge is 3.00 e. The fraction of sp³-hybridized carbons (Fsp3) is 0.500. The molecule has 0 rings (SSSR count). The molecule has 0 aromatic carbocycles. The maximum absolute atomic E-state index is 11.3. The summed E-state index contributed by atoms with van der Waals surface area (Å²) in [6.07, 6.45) is -47.8. The van der Waals surface area contributed by atoms with Crippen LogP contribution in [0.4, 0.5) is 105 Å². The first-order valence-corrected chi connectivity index (χ1v) is 12.3. The van der Waals surface area contributed by atoms with E-state index in [0.29, 0.717) is 0 Å². The molecule has 58 heavy (non-hydrogen) atoms. The maximum Gasteiger partial charge on any atom is 3.00 e. The number of carbonyl (C=O) groups excluding carboxylic acids is 8. The zero-order valence-electron chi connectivity index (χ0n) is 27.5. The van der Waals surface area contributed by atoms with Gasteiger partial charge in [-0.2, -0.15) is 105 Å². The summed E-state index contributed by atoms with van der Waals surface area (Å²) in [5, 5.41) is 0. The number of alkyl halides is 24. The van der Waals surface area contributed by atoms with Crippen molar-refractivity contribution in [1.82, 2.24) is 0 Å². The molecular formula is C24H16EuF24NO8. The zero-order valence-corrected chi connectivity index (χ0v) is 29.9. The van der Waals surface area contributed by atoms with Crippen molar-refractivity contribution in [2.24, 2.45) is 0 Å². The molecule has 340 valence electrons. The molecule has 9 nitrogen and oxygen atoms in total. The van der Waals surface area contributed by atoms with Crippen LogP contribution in [0.2, 0.25) is 0 Å². The topological polar surface area (TPSA) is 137 Å². The fourth-order valence-corrected chi connectivity index (χ4v) is 1.13. The Morgan fingerprint density at radius 1 is 0.259 bits per heavy atom. The van der Waals surface area contributed by atoms with Crippen LogP contribution in [0.5, 0.6) is 0 Å². The summed E-state index contributed by atoms with van der Waals surface area (Å²) in [5.74, 6) is -22.6. The quantitative estimate of drug-likeness (QED) is 0.123. The molecule has 0 aromatic rings. The Morgan fingerprint density at radius 3 is 0.345 bits per heavy atom. The summed E-state index contributed by atoms with van der Waals surface area (Å²) in [6.45, 7) is 0. The molecular weight excluding hydrogens is 1040 g/mol. The van der Waals surface area contributed by atoms with Gasteiger partial charge in [0.2, 0.25) is 0 Å². The molecule has 0 amide bonds. The normalized spacial score (nSPS) is 12.2. The number of Topliss-reactive ketones (excluding diaryl/α,β-unsaturated/α-hetero) is 8. The van der Waals surface area contributed by atoms with Crippen molar-refractivity contribution in [3.63, 3.8) is 0 Å². The van der Waals surface area contributed by atoms with E-state index in [-0.39, 0.29) is 49.4 Å². The van der Waals surface area contributed by atoms with Gasteiger partial charge in [-0.15, -0.1) is 0 Å². The number of hydrogen-bond donors (Lipinski definition) is 0. The van der Waals surface area contributed by atoms with Crippen molar-refractivity contribution < 1.29 is 198 Å². The van der Waals surface area contributed by atoms with E-state index < -0.39 is 121 Å². The molecule has 0 spiro atoms. The first kappa shape index (κ1) is 66.5. The van der Waals surface area contributed by atoms with E-state index in [2.05, 4.69) is 28.2 Å². The van der Waals surface area contributed by atoms with Gasteiger partial charge in [-0.1, -0.05) is 0 Å². The molecule has 0 unspecified atom stereocenters. The van der Waals surface area contributed by atoms with Crippen LogP contribution in [0, 0.1) is 75.1 Å². The van der Waals surface area contributed by atoms with Gasteiger partial charge in [-0.25, -0.2) is 25.7 Å². The van der Waals surface area contributed by atoms with Crippen molar-refractivity contribution in [2.75, 3.05) is 28.2 Å². The Hall–Kier alpha value is -3.30. The third-order valence-electron chi connectivity index (χ3n) is 3.28. The Kier molecular flexibility index (Phi) is 27.6. The van der Waals surface area contributed by atoms with Gasteiger partial charge in [0.05, 0.1) is 28.2 Å². The van der Waals surface area contributed by atoms with Gasteiger partial charge in [0.25, 0.3) is 0 Å². The van der Waals surface area contributed by atoms with Gasteiger partial charge >= 0.3 is 98.8 Å². The van der Waals surface area contributed by atoms with Crippen LogP contribution in [-0.4, -0.2) is 128 Å². The van der Waals surface area contributed by atoms with E-state index >= 15 is 0 Å². The number of ketones is 8. The van der Waals surface area contributed by atoms with Crippen molar-refractivity contribution in [3.05, 3.63) is 25.7 Å². The molecule has 34 heteroatoms. The first-order chi connectivity index (χ1) is 24.2. The average Bonchev–Trinajstić information content (AvgIpc) is 2.88. The number of rotatable bonds is 8. The Bertz CT molecular complexity index is 1100. The third-order valence-corrected chi connectivity index (χ3v) is 3.28. The molecule has 0 bridgehead atoms. The second-order valence-corrected chi connectivity index (χ2v) is 10.2. The maximum atomic E-state index is 11.3. The van der Waals surface area contributed by atoms with Gasteiger partial charge < -0.3 is 42.8 Å². The Balaban J connectivity index is -0.000000148. The predicted octanol–water partition coefficient (Wildman–Crippen LogP) is 6.14. The monoisotopic (exact) mass is 1050 g/mol. The van der Waals surface area contributed by atoms with Crippen molar-refractivity contribution in [3.8, 4) is 0 Å². The molecule has 0 atom stereocenters. The van der Waals surface area contributed by atoms with E-state index in [1.54, 1.807) is 0 Å². The van der Waals surface area contributed by atoms with Crippen LogP contribution >= 0.6 is 0 Å². The fourth-order valence-electron chi connectivity index (χ4n) is 1.13. The zero-order chi connectivity index (χ0) is 47.9. The minimum atomic E-state index is -5.46. The van der Waals surface area contributed by atoms with Crippen LogP contribution in [0.25, 0.3) is 0 Å². The molecule has 0 radical (unpaired) electrons. The summed E-state index contributed by atoms with van der Waals surface area (Å²) in [4.78, 5) is 78.6. The van der Waals surface area contributed by atoms with Crippen LogP contribution in [0.15, 0.2) is 0 Å². The molecule has 0 aromatic heterocycles. The standard InChI is InChI=1S/4C5HF6O2.C4H12N.Eu/c4*6-4(7,8)2(12)1-3(13)5(9,10)11;1-5(2,3)4;/h4*1H;1-4H3;/q4*-1;+1;+3. The Labute approximate surface area is 345 Å². The van der Waals surface area contributed by atoms with Gasteiger partial charge in [0.1, 0.15) is 46.3 Å². The minimum Gasteiger partial charge on any atom is -0.333 e. The molecule has 0 saturated heterocycles. The van der Waals surface area contributed by atoms with Gasteiger partial charge in [0, 0.05) is 0 Å². The number of hydrogen-bond acceptors (Lipinski definition) is 8. The van der Waals surface area contributed by atoms with Crippen molar-refractivity contribution in [2.45, 2.75) is 49.4 Å². The van der Waals surface area contributed by atoms with E-state index in [4.69, 9.17) is 0 Å².